The van der Waals surface area contributed by atoms with Gasteiger partial charge in [0, 0.05) is 19.2 Å². The Hall–Kier alpha value is -2.62. The van der Waals surface area contributed by atoms with E-state index in [2.05, 4.69) is 5.32 Å². The fraction of sp³-hybridized carbons (Fsp3) is 0.500. The van der Waals surface area contributed by atoms with Crippen LogP contribution < -0.4 is 10.1 Å². The van der Waals surface area contributed by atoms with Crippen molar-refractivity contribution in [3.63, 3.8) is 0 Å². The number of nitrogens with zero attached hydrogens (tertiary/aromatic N) is 1. The van der Waals surface area contributed by atoms with Crippen molar-refractivity contribution in [2.75, 3.05) is 20.2 Å². The lowest BCUT2D eigenvalue weighted by atomic mass is 10.0. The molecule has 0 spiro atoms. The quantitative estimate of drug-likeness (QED) is 0.480. The molecule has 0 fully saturated rings. The molecule has 2 N–H and O–H groups in total. The van der Waals surface area contributed by atoms with Crippen molar-refractivity contribution in [2.45, 2.75) is 63.7 Å². The van der Waals surface area contributed by atoms with Gasteiger partial charge in [-0.05, 0) is 50.8 Å². The summed E-state index contributed by atoms with van der Waals surface area (Å²) in [6, 6.07) is 14.8. The van der Waals surface area contributed by atoms with Crippen molar-refractivity contribution < 1.29 is 27.8 Å². The Balaban J connectivity index is 2.33. The van der Waals surface area contributed by atoms with Crippen molar-refractivity contribution in [1.29, 1.82) is 0 Å². The van der Waals surface area contributed by atoms with E-state index < -0.39 is 33.9 Å². The molecule has 0 bridgehead atoms. The number of benzene rings is 2. The molecular weight excluding hydrogens is 468 g/mol. The van der Waals surface area contributed by atoms with Crippen molar-refractivity contribution in [3.8, 4) is 5.75 Å². The second-order valence-corrected chi connectivity index (χ2v) is 11.8. The summed E-state index contributed by atoms with van der Waals surface area (Å²) in [4.78, 5) is 12.6. The molecule has 0 aromatic heterocycles. The fourth-order valence-corrected chi connectivity index (χ4v) is 5.19. The molecule has 1 amide bonds. The zero-order valence-electron chi connectivity index (χ0n) is 21.4. The molecule has 0 aliphatic carbocycles. The highest BCUT2D eigenvalue weighted by atomic mass is 32.2. The van der Waals surface area contributed by atoms with E-state index in [1.807, 2.05) is 44.2 Å². The number of alkyl carbamates (subject to hydrolysis) is 1. The first-order valence-corrected chi connectivity index (χ1v) is 13.1. The van der Waals surface area contributed by atoms with Gasteiger partial charge in [-0.2, -0.15) is 4.31 Å². The monoisotopic (exact) mass is 506 g/mol. The number of hydrogen-bond donors (Lipinski definition) is 2. The van der Waals surface area contributed by atoms with Crippen molar-refractivity contribution >= 4 is 16.1 Å². The Labute approximate surface area is 209 Å². The average molecular weight is 507 g/mol. The number of rotatable bonds is 11. The summed E-state index contributed by atoms with van der Waals surface area (Å²) in [5, 5.41) is 13.9. The Kier molecular flexibility index (Phi) is 10.1. The molecule has 0 heterocycles. The van der Waals surface area contributed by atoms with Gasteiger partial charge in [-0.3, -0.25) is 0 Å². The van der Waals surface area contributed by atoms with Crippen LogP contribution in [0, 0.1) is 5.92 Å². The molecule has 0 saturated carbocycles. The van der Waals surface area contributed by atoms with Crippen LogP contribution in [0.1, 0.15) is 40.2 Å². The summed E-state index contributed by atoms with van der Waals surface area (Å²) in [7, 11) is -2.47. The van der Waals surface area contributed by atoms with Gasteiger partial charge in [-0.25, -0.2) is 13.2 Å². The largest absolute Gasteiger partial charge is 0.497 e. The molecule has 8 nitrogen and oxygen atoms in total. The first-order valence-electron chi connectivity index (χ1n) is 11.7. The van der Waals surface area contributed by atoms with E-state index in [9.17, 15) is 18.3 Å². The summed E-state index contributed by atoms with van der Waals surface area (Å²) < 4.78 is 38.8. The van der Waals surface area contributed by atoms with Crippen LogP contribution in [0.4, 0.5) is 4.79 Å². The van der Waals surface area contributed by atoms with Crippen LogP contribution in [-0.4, -0.2) is 61.9 Å². The maximum atomic E-state index is 13.5. The first kappa shape index (κ1) is 28.6. The molecule has 0 saturated heterocycles. The lowest BCUT2D eigenvalue weighted by Crippen LogP contribution is -2.51. The normalized spacial score (nSPS) is 14.0. The van der Waals surface area contributed by atoms with Gasteiger partial charge in [0.2, 0.25) is 10.0 Å². The average Bonchev–Trinajstić information content (AvgIpc) is 2.77. The number of ether oxygens (including phenoxy) is 2. The van der Waals surface area contributed by atoms with Crippen LogP contribution in [0.3, 0.4) is 0 Å². The van der Waals surface area contributed by atoms with Crippen LogP contribution >= 0.6 is 0 Å². The number of aliphatic hydroxyl groups is 1. The molecular formula is C26H38N2O6S. The third-order valence-corrected chi connectivity index (χ3v) is 6.93. The third-order valence-electron chi connectivity index (χ3n) is 5.10. The molecule has 0 aliphatic rings. The van der Waals surface area contributed by atoms with E-state index in [1.54, 1.807) is 32.9 Å². The minimum Gasteiger partial charge on any atom is -0.497 e. The summed E-state index contributed by atoms with van der Waals surface area (Å²) in [5.74, 6) is 0.429. The van der Waals surface area contributed by atoms with Gasteiger partial charge in [0.1, 0.15) is 11.4 Å². The van der Waals surface area contributed by atoms with Crippen LogP contribution in [0.15, 0.2) is 59.5 Å². The molecule has 2 aromatic rings. The Morgan fingerprint density at radius 2 is 1.71 bits per heavy atom. The maximum absolute atomic E-state index is 13.5. The van der Waals surface area contributed by atoms with Crippen LogP contribution in [-0.2, 0) is 21.2 Å². The summed E-state index contributed by atoms with van der Waals surface area (Å²) in [6.45, 7) is 9.05. The molecule has 0 aliphatic heterocycles. The van der Waals surface area contributed by atoms with E-state index in [4.69, 9.17) is 9.47 Å². The number of nitrogens with one attached hydrogen (secondary N) is 1. The highest BCUT2D eigenvalue weighted by molar-refractivity contribution is 7.89. The number of carbonyl (C=O) groups is 1. The number of hydrogen-bond acceptors (Lipinski definition) is 6. The van der Waals surface area contributed by atoms with Gasteiger partial charge in [0.05, 0.1) is 24.2 Å². The second kappa shape index (κ2) is 12.4. The molecule has 194 valence electrons. The Morgan fingerprint density at radius 3 is 2.29 bits per heavy atom. The maximum Gasteiger partial charge on any atom is 0.407 e. The molecule has 2 rings (SSSR count). The minimum atomic E-state index is -3.94. The number of sulfonamides is 1. The van der Waals surface area contributed by atoms with Gasteiger partial charge in [0.15, 0.2) is 0 Å². The van der Waals surface area contributed by atoms with Crippen LogP contribution in [0.5, 0.6) is 5.75 Å². The van der Waals surface area contributed by atoms with Gasteiger partial charge >= 0.3 is 6.09 Å². The second-order valence-electron chi connectivity index (χ2n) is 9.90. The van der Waals surface area contributed by atoms with E-state index >= 15 is 0 Å². The van der Waals surface area contributed by atoms with E-state index in [0.717, 1.165) is 5.56 Å². The summed E-state index contributed by atoms with van der Waals surface area (Å²) >= 11 is 0. The number of methoxy groups -OCH3 is 1. The van der Waals surface area contributed by atoms with Gasteiger partial charge < -0.3 is 19.9 Å². The van der Waals surface area contributed by atoms with Crippen molar-refractivity contribution in [2.24, 2.45) is 5.92 Å². The molecule has 9 heteroatoms. The molecule has 2 atom stereocenters. The minimum absolute atomic E-state index is 0.00831. The fourth-order valence-electron chi connectivity index (χ4n) is 3.53. The SMILES string of the molecule is COc1cccc(S(=O)(=O)N(CC(C)C)C[C@@H](O)[C@H](Cc2ccccc2)NC(=O)OC(C)(C)C)c1. The number of carbonyl (C=O) groups excluding carboxylic acids is 1. The van der Waals surface area contributed by atoms with Crippen molar-refractivity contribution in [1.82, 2.24) is 9.62 Å². The predicted octanol–water partition coefficient (Wildman–Crippen LogP) is 3.84. The highest BCUT2D eigenvalue weighted by Gasteiger charge is 2.32. The number of aliphatic hydroxyl groups excluding tert-OH is 1. The lowest BCUT2D eigenvalue weighted by Gasteiger charge is -2.31. The smallest absolute Gasteiger partial charge is 0.407 e. The zero-order chi connectivity index (χ0) is 26.2. The first-order chi connectivity index (χ1) is 16.3. The van der Waals surface area contributed by atoms with Gasteiger partial charge in [0.25, 0.3) is 0 Å². The Bertz CT molecular complexity index is 1050. The lowest BCUT2D eigenvalue weighted by molar-refractivity contribution is 0.0400. The van der Waals surface area contributed by atoms with Crippen LogP contribution in [0.2, 0.25) is 0 Å². The van der Waals surface area contributed by atoms with Gasteiger partial charge in [-0.1, -0.05) is 50.2 Å². The van der Waals surface area contributed by atoms with Crippen molar-refractivity contribution in [3.05, 3.63) is 60.2 Å². The highest BCUT2D eigenvalue weighted by Crippen LogP contribution is 2.23. The van der Waals surface area contributed by atoms with E-state index in [0.29, 0.717) is 12.2 Å². The summed E-state index contributed by atoms with van der Waals surface area (Å²) in [5.41, 5.74) is 0.171. The standard InChI is InChI=1S/C26H38N2O6S/c1-19(2)17-28(35(31,32)22-14-10-13-21(16-22)33-6)18-24(29)23(15-20-11-8-7-9-12-20)27-25(30)34-26(3,4)5/h7-14,16,19,23-24,29H,15,17-18H2,1-6H3,(H,27,30)/t23-,24+/m0/s1. The third kappa shape index (κ3) is 9.16. The van der Waals surface area contributed by atoms with E-state index in [1.165, 1.54) is 23.5 Å². The topological polar surface area (TPSA) is 105 Å². The van der Waals surface area contributed by atoms with Gasteiger partial charge in [-0.15, -0.1) is 0 Å². The molecule has 0 unspecified atom stereocenters. The van der Waals surface area contributed by atoms with E-state index in [-0.39, 0.29) is 23.9 Å². The molecule has 2 aromatic carbocycles. The molecule has 0 radical (unpaired) electrons. The van der Waals surface area contributed by atoms with Crippen LogP contribution in [0.25, 0.3) is 0 Å². The molecule has 35 heavy (non-hydrogen) atoms. The Morgan fingerprint density at radius 1 is 1.06 bits per heavy atom. The number of amides is 1. The predicted molar refractivity (Wildman–Crippen MR) is 136 cm³/mol. The summed E-state index contributed by atoms with van der Waals surface area (Å²) in [6.07, 6.45) is -1.57. The zero-order valence-corrected chi connectivity index (χ0v) is 22.2.